The van der Waals surface area contributed by atoms with Gasteiger partial charge in [-0.3, -0.25) is 4.79 Å². The summed E-state index contributed by atoms with van der Waals surface area (Å²) in [6.45, 7) is 0.858. The molecule has 0 spiro atoms. The Hall–Kier alpha value is -0.830. The van der Waals surface area contributed by atoms with E-state index in [2.05, 4.69) is 17.5 Å². The Morgan fingerprint density at radius 1 is 1.29 bits per heavy atom. The van der Waals surface area contributed by atoms with Gasteiger partial charge in [-0.1, -0.05) is 31.4 Å². The Kier molecular flexibility index (Phi) is 4.21. The molecule has 0 aromatic carbocycles. The SMILES string of the molecule is O=C(O)C1(NCC2CC=CCC2)CCCCC1. The lowest BCUT2D eigenvalue weighted by molar-refractivity contribution is -0.146. The monoisotopic (exact) mass is 237 g/mol. The number of carbonyl (C=O) groups is 1. The van der Waals surface area contributed by atoms with Crippen LogP contribution in [0.4, 0.5) is 0 Å². The summed E-state index contributed by atoms with van der Waals surface area (Å²) in [6.07, 6.45) is 12.8. The topological polar surface area (TPSA) is 49.3 Å². The minimum absolute atomic E-state index is 0.623. The summed E-state index contributed by atoms with van der Waals surface area (Å²) in [5.41, 5.74) is -0.626. The molecule has 0 aromatic rings. The van der Waals surface area contributed by atoms with Crippen LogP contribution in [0, 0.1) is 5.92 Å². The summed E-state index contributed by atoms with van der Waals surface area (Å²) >= 11 is 0. The molecule has 2 aliphatic carbocycles. The van der Waals surface area contributed by atoms with Crippen molar-refractivity contribution in [1.82, 2.24) is 5.32 Å². The van der Waals surface area contributed by atoms with Crippen LogP contribution in [0.5, 0.6) is 0 Å². The lowest BCUT2D eigenvalue weighted by atomic mass is 9.81. The molecule has 0 amide bonds. The van der Waals surface area contributed by atoms with Gasteiger partial charge in [0, 0.05) is 0 Å². The summed E-state index contributed by atoms with van der Waals surface area (Å²) in [6, 6.07) is 0. The molecule has 0 saturated heterocycles. The third-order valence-corrected chi connectivity index (χ3v) is 4.22. The highest BCUT2D eigenvalue weighted by atomic mass is 16.4. The summed E-state index contributed by atoms with van der Waals surface area (Å²) in [5.74, 6) is -0.0262. The fourth-order valence-corrected chi connectivity index (χ4v) is 3.00. The normalized spacial score (nSPS) is 27.9. The zero-order valence-corrected chi connectivity index (χ0v) is 10.5. The number of carboxylic acids is 1. The Balaban J connectivity index is 1.89. The minimum Gasteiger partial charge on any atom is -0.480 e. The molecule has 3 heteroatoms. The molecule has 0 radical (unpaired) electrons. The largest absolute Gasteiger partial charge is 0.480 e. The molecule has 1 saturated carbocycles. The Labute approximate surface area is 103 Å². The third kappa shape index (κ3) is 3.09. The Morgan fingerprint density at radius 3 is 2.65 bits per heavy atom. The van der Waals surface area contributed by atoms with Crippen molar-refractivity contribution in [2.75, 3.05) is 6.54 Å². The van der Waals surface area contributed by atoms with Crippen LogP contribution in [0.3, 0.4) is 0 Å². The zero-order chi connectivity index (χ0) is 12.1. The molecule has 1 atom stereocenters. The van der Waals surface area contributed by atoms with E-state index >= 15 is 0 Å². The maximum atomic E-state index is 11.5. The first-order chi connectivity index (χ1) is 8.23. The van der Waals surface area contributed by atoms with Crippen molar-refractivity contribution in [3.8, 4) is 0 Å². The van der Waals surface area contributed by atoms with Gasteiger partial charge in [-0.05, 0) is 44.6 Å². The van der Waals surface area contributed by atoms with Crippen LogP contribution in [0.2, 0.25) is 0 Å². The van der Waals surface area contributed by atoms with Gasteiger partial charge in [0.25, 0.3) is 0 Å². The predicted octanol–water partition coefficient (Wildman–Crippen LogP) is 2.72. The lowest BCUT2D eigenvalue weighted by Gasteiger charge is -2.35. The molecular weight excluding hydrogens is 214 g/mol. The van der Waals surface area contributed by atoms with Crippen molar-refractivity contribution in [2.24, 2.45) is 5.92 Å². The molecule has 2 N–H and O–H groups in total. The van der Waals surface area contributed by atoms with E-state index in [4.69, 9.17) is 0 Å². The highest BCUT2D eigenvalue weighted by Gasteiger charge is 2.39. The van der Waals surface area contributed by atoms with Crippen molar-refractivity contribution >= 4 is 5.97 Å². The zero-order valence-electron chi connectivity index (χ0n) is 10.5. The molecule has 0 heterocycles. The van der Waals surface area contributed by atoms with Crippen molar-refractivity contribution in [1.29, 1.82) is 0 Å². The van der Waals surface area contributed by atoms with Gasteiger partial charge in [0.2, 0.25) is 0 Å². The average Bonchev–Trinajstić information content (AvgIpc) is 2.38. The Bertz CT molecular complexity index is 293. The first-order valence-corrected chi connectivity index (χ1v) is 6.86. The van der Waals surface area contributed by atoms with Gasteiger partial charge >= 0.3 is 5.97 Å². The number of allylic oxidation sites excluding steroid dienone is 2. The van der Waals surface area contributed by atoms with Gasteiger partial charge in [-0.25, -0.2) is 0 Å². The Morgan fingerprint density at radius 2 is 2.06 bits per heavy atom. The molecule has 3 nitrogen and oxygen atoms in total. The van der Waals surface area contributed by atoms with E-state index in [9.17, 15) is 9.90 Å². The molecule has 17 heavy (non-hydrogen) atoms. The van der Waals surface area contributed by atoms with Gasteiger partial charge in [0.15, 0.2) is 0 Å². The number of nitrogens with one attached hydrogen (secondary N) is 1. The van der Waals surface area contributed by atoms with Crippen LogP contribution in [0.25, 0.3) is 0 Å². The predicted molar refractivity (Wildman–Crippen MR) is 67.9 cm³/mol. The van der Waals surface area contributed by atoms with Crippen molar-refractivity contribution in [2.45, 2.75) is 56.9 Å². The standard InChI is InChI=1S/C14H23NO2/c16-13(17)14(9-5-2-6-10-14)15-11-12-7-3-1-4-8-12/h1,3,12,15H,2,4-11H2,(H,16,17). The minimum atomic E-state index is -0.649. The average molecular weight is 237 g/mol. The van der Waals surface area contributed by atoms with Gasteiger partial charge in [-0.15, -0.1) is 0 Å². The van der Waals surface area contributed by atoms with Gasteiger partial charge in [0.05, 0.1) is 0 Å². The van der Waals surface area contributed by atoms with Crippen LogP contribution in [0.1, 0.15) is 51.4 Å². The summed E-state index contributed by atoms with van der Waals surface area (Å²) in [7, 11) is 0. The van der Waals surface area contributed by atoms with Crippen LogP contribution in [-0.2, 0) is 4.79 Å². The molecule has 1 unspecified atom stereocenters. The molecule has 0 bridgehead atoms. The van der Waals surface area contributed by atoms with E-state index in [1.165, 1.54) is 12.8 Å². The van der Waals surface area contributed by atoms with Crippen LogP contribution >= 0.6 is 0 Å². The molecule has 0 aromatic heterocycles. The van der Waals surface area contributed by atoms with Gasteiger partial charge < -0.3 is 10.4 Å². The maximum absolute atomic E-state index is 11.5. The first-order valence-electron chi connectivity index (χ1n) is 6.86. The number of aliphatic carboxylic acids is 1. The number of hydrogen-bond donors (Lipinski definition) is 2. The van der Waals surface area contributed by atoms with Crippen molar-refractivity contribution in [3.05, 3.63) is 12.2 Å². The van der Waals surface area contributed by atoms with Gasteiger partial charge in [-0.2, -0.15) is 0 Å². The second kappa shape index (κ2) is 5.67. The van der Waals surface area contributed by atoms with Crippen LogP contribution < -0.4 is 5.32 Å². The van der Waals surface area contributed by atoms with E-state index in [0.717, 1.165) is 45.1 Å². The second-order valence-electron chi connectivity index (χ2n) is 5.48. The quantitative estimate of drug-likeness (QED) is 0.739. The van der Waals surface area contributed by atoms with E-state index in [-0.39, 0.29) is 0 Å². The number of hydrogen-bond acceptors (Lipinski definition) is 2. The van der Waals surface area contributed by atoms with E-state index < -0.39 is 11.5 Å². The number of rotatable bonds is 4. The molecule has 2 rings (SSSR count). The first kappa shape index (κ1) is 12.6. The van der Waals surface area contributed by atoms with E-state index in [0.29, 0.717) is 5.92 Å². The highest BCUT2D eigenvalue weighted by molar-refractivity contribution is 5.78. The summed E-state index contributed by atoms with van der Waals surface area (Å²) < 4.78 is 0. The van der Waals surface area contributed by atoms with E-state index in [1.54, 1.807) is 0 Å². The van der Waals surface area contributed by atoms with Crippen molar-refractivity contribution < 1.29 is 9.90 Å². The van der Waals surface area contributed by atoms with Crippen LogP contribution in [0.15, 0.2) is 12.2 Å². The summed E-state index contributed by atoms with van der Waals surface area (Å²) in [4.78, 5) is 11.5. The molecular formula is C14H23NO2. The molecule has 96 valence electrons. The third-order valence-electron chi connectivity index (χ3n) is 4.22. The smallest absolute Gasteiger partial charge is 0.323 e. The maximum Gasteiger partial charge on any atom is 0.323 e. The molecule has 0 aliphatic heterocycles. The highest BCUT2D eigenvalue weighted by Crippen LogP contribution is 2.29. The number of carboxylic acid groups (broad SMARTS) is 1. The molecule has 2 aliphatic rings. The lowest BCUT2D eigenvalue weighted by Crippen LogP contribution is -2.54. The fraction of sp³-hybridized carbons (Fsp3) is 0.786. The summed E-state index contributed by atoms with van der Waals surface area (Å²) in [5, 5.41) is 12.8. The van der Waals surface area contributed by atoms with Crippen LogP contribution in [-0.4, -0.2) is 23.2 Å². The van der Waals surface area contributed by atoms with Crippen molar-refractivity contribution in [3.63, 3.8) is 0 Å². The van der Waals surface area contributed by atoms with E-state index in [1.807, 2.05) is 0 Å². The second-order valence-corrected chi connectivity index (χ2v) is 5.48. The van der Waals surface area contributed by atoms with Gasteiger partial charge in [0.1, 0.15) is 5.54 Å². The fourth-order valence-electron chi connectivity index (χ4n) is 3.00. The molecule has 1 fully saturated rings.